The molecule has 1 saturated heterocycles. The first-order chi connectivity index (χ1) is 10.6. The van der Waals surface area contributed by atoms with Crippen LogP contribution in [0.1, 0.15) is 41.3 Å². The molecule has 2 aliphatic heterocycles. The summed E-state index contributed by atoms with van der Waals surface area (Å²) in [6.07, 6.45) is 3.41. The standard InChI is InChI=1S/C15H21N3O4/c1-10-16-12(11-5-3-4-7-18(10)11)13(19)17-15(14(20)21-2)6-8-22-9-15/h3-9H2,1-2H3,(H,17,19)/t15-/m1/s1. The van der Waals surface area contributed by atoms with E-state index in [0.717, 1.165) is 37.3 Å². The molecular formula is C15H21N3O4. The van der Waals surface area contributed by atoms with Crippen LogP contribution >= 0.6 is 0 Å². The van der Waals surface area contributed by atoms with Crippen LogP contribution in [0, 0.1) is 6.92 Å². The number of aromatic nitrogens is 2. The van der Waals surface area contributed by atoms with Crippen molar-refractivity contribution in [3.63, 3.8) is 0 Å². The molecule has 22 heavy (non-hydrogen) atoms. The van der Waals surface area contributed by atoms with Crippen LogP contribution in [0.3, 0.4) is 0 Å². The van der Waals surface area contributed by atoms with Crippen molar-refractivity contribution >= 4 is 11.9 Å². The first-order valence-corrected chi connectivity index (χ1v) is 7.62. The van der Waals surface area contributed by atoms with Gasteiger partial charge in [0.25, 0.3) is 5.91 Å². The third kappa shape index (κ3) is 2.39. The van der Waals surface area contributed by atoms with E-state index in [0.29, 0.717) is 18.7 Å². The number of esters is 1. The zero-order chi connectivity index (χ0) is 15.7. The van der Waals surface area contributed by atoms with E-state index in [1.165, 1.54) is 7.11 Å². The first-order valence-electron chi connectivity index (χ1n) is 7.62. The molecule has 1 aromatic rings. The molecule has 1 atom stereocenters. The Morgan fingerprint density at radius 2 is 2.23 bits per heavy atom. The highest BCUT2D eigenvalue weighted by Gasteiger charge is 2.45. The number of hydrogen-bond acceptors (Lipinski definition) is 5. The number of carbonyl (C=O) groups is 2. The minimum Gasteiger partial charge on any atom is -0.467 e. The van der Waals surface area contributed by atoms with Crippen LogP contribution in [0.5, 0.6) is 0 Å². The van der Waals surface area contributed by atoms with Gasteiger partial charge in [0, 0.05) is 19.6 Å². The van der Waals surface area contributed by atoms with Gasteiger partial charge in [-0.2, -0.15) is 0 Å². The molecule has 0 unspecified atom stereocenters. The second kappa shape index (κ2) is 5.72. The number of nitrogens with zero attached hydrogens (tertiary/aromatic N) is 2. The maximum absolute atomic E-state index is 12.7. The van der Waals surface area contributed by atoms with Crippen molar-refractivity contribution in [1.29, 1.82) is 0 Å². The van der Waals surface area contributed by atoms with Gasteiger partial charge in [0.2, 0.25) is 0 Å². The Morgan fingerprint density at radius 1 is 1.41 bits per heavy atom. The fourth-order valence-corrected chi connectivity index (χ4v) is 3.25. The smallest absolute Gasteiger partial charge is 0.334 e. The molecule has 7 heteroatoms. The number of aryl methyl sites for hydroxylation is 1. The van der Waals surface area contributed by atoms with Gasteiger partial charge in [0.1, 0.15) is 11.5 Å². The predicted octanol–water partition coefficient (Wildman–Crippen LogP) is 0.590. The van der Waals surface area contributed by atoms with Crippen LogP contribution in [0.2, 0.25) is 0 Å². The average Bonchev–Trinajstić information content (AvgIpc) is 3.13. The van der Waals surface area contributed by atoms with Crippen LogP contribution < -0.4 is 5.32 Å². The number of methoxy groups -OCH3 is 1. The van der Waals surface area contributed by atoms with Gasteiger partial charge in [-0.25, -0.2) is 9.78 Å². The zero-order valence-electron chi connectivity index (χ0n) is 13.0. The fourth-order valence-electron chi connectivity index (χ4n) is 3.25. The van der Waals surface area contributed by atoms with Gasteiger partial charge in [0.15, 0.2) is 5.54 Å². The summed E-state index contributed by atoms with van der Waals surface area (Å²) < 4.78 is 12.2. The Balaban J connectivity index is 1.87. The summed E-state index contributed by atoms with van der Waals surface area (Å²) in [6.45, 7) is 3.36. The SMILES string of the molecule is COC(=O)[C@@]1(NC(=O)c2nc(C)n3c2CCCC3)CCOC1. The Morgan fingerprint density at radius 3 is 2.91 bits per heavy atom. The second-order valence-electron chi connectivity index (χ2n) is 5.89. The molecule has 0 spiro atoms. The largest absolute Gasteiger partial charge is 0.467 e. The van der Waals surface area contributed by atoms with Gasteiger partial charge in [-0.05, 0) is 26.2 Å². The number of fused-ring (bicyclic) bond motifs is 1. The molecule has 0 saturated carbocycles. The number of carbonyl (C=O) groups excluding carboxylic acids is 2. The highest BCUT2D eigenvalue weighted by Crippen LogP contribution is 2.24. The summed E-state index contributed by atoms with van der Waals surface area (Å²) in [5.74, 6) is 0.0486. The molecule has 3 rings (SSSR count). The van der Waals surface area contributed by atoms with E-state index in [2.05, 4.69) is 14.9 Å². The summed E-state index contributed by atoms with van der Waals surface area (Å²) >= 11 is 0. The third-order valence-corrected chi connectivity index (χ3v) is 4.47. The Kier molecular flexibility index (Phi) is 3.90. The van der Waals surface area contributed by atoms with E-state index in [-0.39, 0.29) is 12.5 Å². The molecule has 1 N–H and O–H groups in total. The molecule has 0 bridgehead atoms. The van der Waals surface area contributed by atoms with Crippen LogP contribution in [0.4, 0.5) is 0 Å². The number of nitrogens with one attached hydrogen (secondary N) is 1. The summed E-state index contributed by atoms with van der Waals surface area (Å²) in [7, 11) is 1.32. The first kappa shape index (κ1) is 15.0. The molecule has 1 aromatic heterocycles. The van der Waals surface area contributed by atoms with E-state index in [1.54, 1.807) is 0 Å². The lowest BCUT2D eigenvalue weighted by atomic mass is 9.98. The van der Waals surface area contributed by atoms with Crippen molar-refractivity contribution in [1.82, 2.24) is 14.9 Å². The summed E-state index contributed by atoms with van der Waals surface area (Å²) in [4.78, 5) is 29.1. The molecule has 0 radical (unpaired) electrons. The molecule has 120 valence electrons. The fraction of sp³-hybridized carbons (Fsp3) is 0.667. The Hall–Kier alpha value is -1.89. The van der Waals surface area contributed by atoms with E-state index >= 15 is 0 Å². The molecule has 0 aromatic carbocycles. The van der Waals surface area contributed by atoms with Gasteiger partial charge in [-0.3, -0.25) is 4.79 Å². The number of imidazole rings is 1. The average molecular weight is 307 g/mol. The minimum absolute atomic E-state index is 0.139. The molecule has 3 heterocycles. The van der Waals surface area contributed by atoms with Gasteiger partial charge < -0.3 is 19.4 Å². The van der Waals surface area contributed by atoms with Crippen molar-refractivity contribution < 1.29 is 19.1 Å². The minimum atomic E-state index is -1.09. The van der Waals surface area contributed by atoms with Crippen molar-refractivity contribution in [2.75, 3.05) is 20.3 Å². The van der Waals surface area contributed by atoms with Gasteiger partial charge in [-0.15, -0.1) is 0 Å². The molecule has 2 aliphatic rings. The normalized spacial score (nSPS) is 23.9. The monoisotopic (exact) mass is 307 g/mol. The maximum Gasteiger partial charge on any atom is 0.334 e. The lowest BCUT2D eigenvalue weighted by Gasteiger charge is -2.25. The van der Waals surface area contributed by atoms with E-state index < -0.39 is 11.5 Å². The summed E-state index contributed by atoms with van der Waals surface area (Å²) in [5.41, 5.74) is 0.290. The lowest BCUT2D eigenvalue weighted by Crippen LogP contribution is -2.56. The summed E-state index contributed by atoms with van der Waals surface area (Å²) in [5, 5.41) is 2.81. The molecule has 0 aliphatic carbocycles. The van der Waals surface area contributed by atoms with Gasteiger partial charge >= 0.3 is 5.97 Å². The maximum atomic E-state index is 12.7. The third-order valence-electron chi connectivity index (χ3n) is 4.47. The highest BCUT2D eigenvalue weighted by atomic mass is 16.5. The number of rotatable bonds is 3. The van der Waals surface area contributed by atoms with Crippen LogP contribution in [-0.2, 0) is 27.2 Å². The summed E-state index contributed by atoms with van der Waals surface area (Å²) in [6, 6.07) is 0. The Labute approximate surface area is 129 Å². The van der Waals surface area contributed by atoms with Gasteiger partial charge in [-0.1, -0.05) is 0 Å². The number of ether oxygens (including phenoxy) is 2. The van der Waals surface area contributed by atoms with E-state index in [1.807, 2.05) is 6.92 Å². The van der Waals surface area contributed by atoms with E-state index in [9.17, 15) is 9.59 Å². The van der Waals surface area contributed by atoms with Crippen LogP contribution in [-0.4, -0.2) is 47.3 Å². The van der Waals surface area contributed by atoms with E-state index in [4.69, 9.17) is 9.47 Å². The molecule has 1 amide bonds. The Bertz CT molecular complexity index is 602. The van der Waals surface area contributed by atoms with Crippen molar-refractivity contribution in [2.24, 2.45) is 0 Å². The predicted molar refractivity (Wildman–Crippen MR) is 77.6 cm³/mol. The quantitative estimate of drug-likeness (QED) is 0.827. The van der Waals surface area contributed by atoms with Crippen molar-refractivity contribution in [3.05, 3.63) is 17.2 Å². The topological polar surface area (TPSA) is 82.5 Å². The van der Waals surface area contributed by atoms with Crippen molar-refractivity contribution in [3.8, 4) is 0 Å². The highest BCUT2D eigenvalue weighted by molar-refractivity contribution is 5.98. The van der Waals surface area contributed by atoms with Crippen LogP contribution in [0.15, 0.2) is 0 Å². The molecule has 7 nitrogen and oxygen atoms in total. The number of hydrogen-bond donors (Lipinski definition) is 1. The molecular weight excluding hydrogens is 286 g/mol. The molecule has 1 fully saturated rings. The second-order valence-corrected chi connectivity index (χ2v) is 5.89. The van der Waals surface area contributed by atoms with Crippen molar-refractivity contribution in [2.45, 2.75) is 44.7 Å². The zero-order valence-corrected chi connectivity index (χ0v) is 13.0. The van der Waals surface area contributed by atoms with Gasteiger partial charge in [0.05, 0.1) is 19.4 Å². The van der Waals surface area contributed by atoms with Crippen LogP contribution in [0.25, 0.3) is 0 Å². The number of amides is 1. The lowest BCUT2D eigenvalue weighted by molar-refractivity contribution is -0.148.